The Bertz CT molecular complexity index is 1380. The number of cyclic esters (lactones) is 1. The molecule has 0 aromatic carbocycles. The minimum absolute atomic E-state index is 0.0399. The maximum absolute atomic E-state index is 14.2. The third-order valence-electron chi connectivity index (χ3n) is 12.4. The van der Waals surface area contributed by atoms with Crippen LogP contribution in [0.15, 0.2) is 23.3 Å². The number of Topliss-reactive ketones (excluding diaryl/α,β-unsaturated/α-hetero) is 2. The molecule has 54 heavy (non-hydrogen) atoms. The Kier molecular flexibility index (Phi) is 16.5. The van der Waals surface area contributed by atoms with Gasteiger partial charge in [-0.1, -0.05) is 61.4 Å². The van der Waals surface area contributed by atoms with E-state index >= 15 is 0 Å². The molecule has 1 amide bonds. The van der Waals surface area contributed by atoms with Crippen LogP contribution in [0.25, 0.3) is 0 Å². The maximum atomic E-state index is 14.2. The fourth-order valence-corrected chi connectivity index (χ4v) is 9.62. The number of hydrogen-bond acceptors (Lipinski definition) is 10. The van der Waals surface area contributed by atoms with Gasteiger partial charge >= 0.3 is 5.97 Å². The van der Waals surface area contributed by atoms with Crippen molar-refractivity contribution < 1.29 is 48.3 Å². The van der Waals surface area contributed by atoms with E-state index in [-0.39, 0.29) is 47.2 Å². The Balaban J connectivity index is 1.73. The Morgan fingerprint density at radius 3 is 2.35 bits per heavy atom. The van der Waals surface area contributed by atoms with E-state index in [1.54, 1.807) is 21.1 Å². The lowest BCUT2D eigenvalue weighted by molar-refractivity contribution is -0.302. The number of hydrogen-bond donors (Lipinski definition) is 2. The van der Waals surface area contributed by atoms with Gasteiger partial charge in [-0.2, -0.15) is 0 Å². The van der Waals surface area contributed by atoms with Gasteiger partial charge in [0.1, 0.15) is 24.0 Å². The Hall–Kier alpha value is -1.96. The number of rotatable bonds is 5. The first-order valence-electron chi connectivity index (χ1n) is 20.3. The standard InChI is InChI=1S/C42H66BrNO10/c1-9-30-19-24(2)18-25(3)20-35(51-7)38-36(52-8)22-28(6)42(50,54-38)39(47)40(48)44-17-11-10-12-32(44)41(49)53-37(26(4)13-16-33(30)45)27(5)21-29-14-15-31(43)34(46)23-29/h19,21,25-26,28-32,34-38,46,50H,9-18,20,22-23H2,1-8H3. The normalized spacial score (nSPS) is 40.3. The molecule has 12 heteroatoms. The number of ether oxygens (including phenoxy) is 4. The Morgan fingerprint density at radius 1 is 1.02 bits per heavy atom. The molecular weight excluding hydrogens is 758 g/mol. The molecular formula is C42H66BrNO10. The number of ketones is 2. The van der Waals surface area contributed by atoms with Crippen LogP contribution in [-0.4, -0.2) is 106 Å². The van der Waals surface area contributed by atoms with E-state index in [0.717, 1.165) is 24.0 Å². The van der Waals surface area contributed by atoms with Gasteiger partial charge in [0.05, 0.1) is 18.3 Å². The van der Waals surface area contributed by atoms with Gasteiger partial charge < -0.3 is 34.1 Å². The minimum Gasteiger partial charge on any atom is -0.456 e. The number of fused-ring (bicyclic) bond motifs is 3. The van der Waals surface area contributed by atoms with E-state index < -0.39 is 65.9 Å². The fraction of sp³-hybridized carbons (Fsp3) is 0.810. The van der Waals surface area contributed by atoms with Crippen LogP contribution in [0.1, 0.15) is 119 Å². The van der Waals surface area contributed by atoms with Crippen LogP contribution in [0.4, 0.5) is 0 Å². The molecule has 3 heterocycles. The first-order valence-corrected chi connectivity index (χ1v) is 21.2. The van der Waals surface area contributed by atoms with Gasteiger partial charge in [-0.15, -0.1) is 0 Å². The molecule has 2 N–H and O–H groups in total. The number of piperidine rings is 1. The molecule has 306 valence electrons. The second-order valence-corrected chi connectivity index (χ2v) is 18.0. The van der Waals surface area contributed by atoms with Crippen LogP contribution in [0.2, 0.25) is 0 Å². The zero-order chi connectivity index (χ0) is 39.9. The van der Waals surface area contributed by atoms with Gasteiger partial charge in [0.2, 0.25) is 5.79 Å². The second kappa shape index (κ2) is 19.9. The van der Waals surface area contributed by atoms with E-state index in [1.807, 2.05) is 27.7 Å². The predicted molar refractivity (Wildman–Crippen MR) is 209 cm³/mol. The highest BCUT2D eigenvalue weighted by atomic mass is 79.9. The van der Waals surface area contributed by atoms with E-state index in [0.29, 0.717) is 57.8 Å². The van der Waals surface area contributed by atoms with E-state index in [2.05, 4.69) is 35.0 Å². The van der Waals surface area contributed by atoms with Gasteiger partial charge in [0.25, 0.3) is 11.7 Å². The van der Waals surface area contributed by atoms with Crippen LogP contribution in [0.3, 0.4) is 0 Å². The van der Waals surface area contributed by atoms with Crippen molar-refractivity contribution >= 4 is 39.4 Å². The first kappa shape index (κ1) is 44.8. The summed E-state index contributed by atoms with van der Waals surface area (Å²) in [4.78, 5) is 57.5. The molecule has 4 rings (SSSR count). The largest absolute Gasteiger partial charge is 0.456 e. The van der Waals surface area contributed by atoms with Gasteiger partial charge in [0, 0.05) is 43.8 Å². The molecule has 3 fully saturated rings. The van der Waals surface area contributed by atoms with Crippen LogP contribution in [0, 0.1) is 29.6 Å². The summed E-state index contributed by atoms with van der Waals surface area (Å²) in [6, 6.07) is -1.03. The average Bonchev–Trinajstić information content (AvgIpc) is 3.15. The highest BCUT2D eigenvalue weighted by Crippen LogP contribution is 2.39. The number of alkyl halides is 1. The predicted octanol–water partition coefficient (Wildman–Crippen LogP) is 6.25. The number of aliphatic hydroxyl groups is 2. The minimum atomic E-state index is -2.46. The monoisotopic (exact) mass is 823 g/mol. The van der Waals surface area contributed by atoms with Crippen molar-refractivity contribution in [3.05, 3.63) is 23.3 Å². The third-order valence-corrected chi connectivity index (χ3v) is 13.5. The number of amides is 1. The summed E-state index contributed by atoms with van der Waals surface area (Å²) in [5, 5.41) is 22.6. The number of carbonyl (C=O) groups excluding carboxylic acids is 4. The molecule has 1 saturated carbocycles. The zero-order valence-corrected chi connectivity index (χ0v) is 35.3. The highest BCUT2D eigenvalue weighted by molar-refractivity contribution is 9.09. The third kappa shape index (κ3) is 10.7. The van der Waals surface area contributed by atoms with Crippen LogP contribution in [-0.2, 0) is 38.1 Å². The highest BCUT2D eigenvalue weighted by Gasteiger charge is 2.56. The van der Waals surface area contributed by atoms with Crippen molar-refractivity contribution in [1.82, 2.24) is 4.90 Å². The molecule has 0 radical (unpaired) electrons. The van der Waals surface area contributed by atoms with Crippen LogP contribution in [0.5, 0.6) is 0 Å². The Morgan fingerprint density at radius 2 is 1.70 bits per heavy atom. The molecule has 11 nitrogen and oxygen atoms in total. The lowest BCUT2D eigenvalue weighted by atomic mass is 9.82. The summed E-state index contributed by atoms with van der Waals surface area (Å²) in [7, 11) is 3.11. The molecule has 1 aliphatic carbocycles. The molecule has 2 saturated heterocycles. The maximum Gasteiger partial charge on any atom is 0.329 e. The number of aliphatic hydroxyl groups excluding tert-OH is 1. The molecule has 13 atom stereocenters. The Labute approximate surface area is 331 Å². The average molecular weight is 825 g/mol. The van der Waals surface area contributed by atoms with E-state index in [1.165, 1.54) is 4.90 Å². The van der Waals surface area contributed by atoms with Crippen molar-refractivity contribution in [2.45, 2.75) is 166 Å². The topological polar surface area (TPSA) is 149 Å². The van der Waals surface area contributed by atoms with Gasteiger partial charge in [-0.25, -0.2) is 4.79 Å². The van der Waals surface area contributed by atoms with E-state index in [4.69, 9.17) is 18.9 Å². The van der Waals surface area contributed by atoms with Crippen molar-refractivity contribution in [3.8, 4) is 0 Å². The summed E-state index contributed by atoms with van der Waals surface area (Å²) in [5.41, 5.74) is 1.91. The van der Waals surface area contributed by atoms with Crippen molar-refractivity contribution in [2.75, 3.05) is 20.8 Å². The summed E-state index contributed by atoms with van der Waals surface area (Å²) in [6.07, 6.45) is 7.80. The second-order valence-electron chi connectivity index (χ2n) is 16.8. The lowest BCUT2D eigenvalue weighted by Crippen LogP contribution is -2.64. The number of carbonyl (C=O) groups is 4. The summed E-state index contributed by atoms with van der Waals surface area (Å²) < 4.78 is 24.3. The lowest BCUT2D eigenvalue weighted by Gasteiger charge is -2.47. The molecule has 4 aliphatic rings. The summed E-state index contributed by atoms with van der Waals surface area (Å²) >= 11 is 3.56. The SMILES string of the molecule is CCC1C=C(C)CC(C)CC(OC)C2OC(O)(C(=O)C(=O)N3CCCCC3C(=O)OC(C(C)=CC3CCC(Br)C(O)C3)C(C)CCC1=O)C(C)CC2OC. The van der Waals surface area contributed by atoms with Crippen molar-refractivity contribution in [1.29, 1.82) is 0 Å². The number of methoxy groups -OCH3 is 2. The molecule has 13 unspecified atom stereocenters. The van der Waals surface area contributed by atoms with Gasteiger partial charge in [0.15, 0.2) is 0 Å². The molecule has 0 aromatic heterocycles. The van der Waals surface area contributed by atoms with Crippen LogP contribution >= 0.6 is 15.9 Å². The number of allylic oxidation sites excluding steroid dienone is 3. The molecule has 2 bridgehead atoms. The number of nitrogens with zero attached hydrogens (tertiary/aromatic N) is 1. The van der Waals surface area contributed by atoms with E-state index in [9.17, 15) is 29.4 Å². The smallest absolute Gasteiger partial charge is 0.329 e. The number of esters is 1. The molecule has 0 aromatic rings. The van der Waals surface area contributed by atoms with Gasteiger partial charge in [-0.05, 0) is 108 Å². The van der Waals surface area contributed by atoms with Crippen molar-refractivity contribution in [2.24, 2.45) is 29.6 Å². The zero-order valence-electron chi connectivity index (χ0n) is 33.8. The fourth-order valence-electron chi connectivity index (χ4n) is 9.14. The van der Waals surface area contributed by atoms with Crippen LogP contribution < -0.4 is 0 Å². The molecule has 0 spiro atoms. The summed E-state index contributed by atoms with van der Waals surface area (Å²) in [5.74, 6) is -6.12. The molecule has 3 aliphatic heterocycles. The van der Waals surface area contributed by atoms with Crippen molar-refractivity contribution in [3.63, 3.8) is 0 Å². The number of halogens is 1. The summed E-state index contributed by atoms with van der Waals surface area (Å²) in [6.45, 7) is 11.9. The quantitative estimate of drug-likeness (QED) is 0.141. The van der Waals surface area contributed by atoms with Gasteiger partial charge in [-0.3, -0.25) is 14.4 Å². The first-order chi connectivity index (χ1) is 25.5.